The fourth-order valence-corrected chi connectivity index (χ4v) is 4.18. The Labute approximate surface area is 222 Å². The number of rotatable bonds is 7. The number of anilines is 2. The lowest BCUT2D eigenvalue weighted by Gasteiger charge is -2.24. The van der Waals surface area contributed by atoms with Crippen LogP contribution in [0, 0.1) is 0 Å². The molecule has 11 heteroatoms. The lowest BCUT2D eigenvalue weighted by molar-refractivity contribution is -0.124. The van der Waals surface area contributed by atoms with Crippen LogP contribution in [-0.2, 0) is 14.3 Å². The number of thiocarbonyl (C=S) groups is 1. The van der Waals surface area contributed by atoms with Crippen LogP contribution in [-0.4, -0.2) is 47.0 Å². The molecule has 9 nitrogen and oxygen atoms in total. The van der Waals surface area contributed by atoms with Gasteiger partial charge in [0.15, 0.2) is 0 Å². The van der Waals surface area contributed by atoms with Crippen LogP contribution < -0.4 is 15.6 Å². The summed E-state index contributed by atoms with van der Waals surface area (Å²) < 4.78 is 4.67. The molecule has 0 aromatic heterocycles. The lowest BCUT2D eigenvalue weighted by atomic mass is 10.1. The van der Waals surface area contributed by atoms with Crippen molar-refractivity contribution in [2.45, 2.75) is 12.5 Å². The van der Waals surface area contributed by atoms with E-state index >= 15 is 0 Å². The zero-order valence-corrected chi connectivity index (χ0v) is 21.1. The number of esters is 1. The molecular weight excluding hydrogens is 516 g/mol. The first kappa shape index (κ1) is 25.8. The van der Waals surface area contributed by atoms with Gasteiger partial charge in [0, 0.05) is 16.3 Å². The van der Waals surface area contributed by atoms with Gasteiger partial charge in [-0.3, -0.25) is 24.7 Å². The van der Waals surface area contributed by atoms with Gasteiger partial charge >= 0.3 is 5.97 Å². The van der Waals surface area contributed by atoms with Crippen molar-refractivity contribution < 1.29 is 23.9 Å². The van der Waals surface area contributed by atoms with E-state index in [4.69, 9.17) is 23.8 Å². The van der Waals surface area contributed by atoms with Crippen molar-refractivity contribution in [1.29, 1.82) is 0 Å². The van der Waals surface area contributed by atoms with Crippen LogP contribution in [0.5, 0.6) is 0 Å². The summed E-state index contributed by atoms with van der Waals surface area (Å²) in [5, 5.41) is 4.41. The monoisotopic (exact) mass is 536 g/mol. The predicted molar refractivity (Wildman–Crippen MR) is 142 cm³/mol. The highest BCUT2D eigenvalue weighted by Crippen LogP contribution is 2.27. The van der Waals surface area contributed by atoms with Crippen LogP contribution in [0.25, 0.3) is 0 Å². The summed E-state index contributed by atoms with van der Waals surface area (Å²) >= 11 is 11.5. The Morgan fingerprint density at radius 3 is 2.22 bits per heavy atom. The number of amides is 3. The first-order chi connectivity index (χ1) is 17.8. The number of hydrogen-bond acceptors (Lipinski definition) is 6. The molecule has 3 amide bonds. The Morgan fingerprint density at radius 1 is 0.946 bits per heavy atom. The van der Waals surface area contributed by atoms with Crippen LogP contribution in [0.2, 0.25) is 5.02 Å². The van der Waals surface area contributed by atoms with E-state index in [-0.39, 0.29) is 11.5 Å². The number of hydrogen-bond donors (Lipinski definition) is 2. The Kier molecular flexibility index (Phi) is 7.80. The lowest BCUT2D eigenvalue weighted by Crippen LogP contribution is -2.49. The first-order valence-corrected chi connectivity index (χ1v) is 11.8. The third kappa shape index (κ3) is 5.76. The van der Waals surface area contributed by atoms with Crippen molar-refractivity contribution in [2.24, 2.45) is 0 Å². The van der Waals surface area contributed by atoms with Crippen LogP contribution in [0.4, 0.5) is 11.4 Å². The minimum absolute atomic E-state index is 0.0110. The van der Waals surface area contributed by atoms with E-state index in [1.165, 1.54) is 29.2 Å². The van der Waals surface area contributed by atoms with Gasteiger partial charge in [-0.25, -0.2) is 9.80 Å². The number of methoxy groups -OCH3 is 1. The number of hydrazine groups is 1. The molecule has 0 aliphatic carbocycles. The van der Waals surface area contributed by atoms with Crippen LogP contribution in [0.3, 0.4) is 0 Å². The Morgan fingerprint density at radius 2 is 1.59 bits per heavy atom. The molecule has 37 heavy (non-hydrogen) atoms. The average molecular weight is 537 g/mol. The molecule has 3 aromatic rings. The maximum atomic E-state index is 13.5. The highest BCUT2D eigenvalue weighted by Gasteiger charge is 2.45. The second-order valence-corrected chi connectivity index (χ2v) is 8.75. The molecule has 4 rings (SSSR count). The normalized spacial score (nSPS) is 14.9. The van der Waals surface area contributed by atoms with Gasteiger partial charge in [0.05, 0.1) is 24.8 Å². The van der Waals surface area contributed by atoms with E-state index in [1.54, 1.807) is 66.7 Å². The Balaban J connectivity index is 1.56. The number of benzene rings is 3. The van der Waals surface area contributed by atoms with Crippen molar-refractivity contribution in [3.05, 3.63) is 95.0 Å². The number of nitrogens with zero attached hydrogens (tertiary/aromatic N) is 2. The average Bonchev–Trinajstić information content (AvgIpc) is 3.13. The maximum Gasteiger partial charge on any atom is 0.337 e. The van der Waals surface area contributed by atoms with Gasteiger partial charge in [-0.2, -0.15) is 0 Å². The fourth-order valence-electron chi connectivity index (χ4n) is 3.69. The second kappa shape index (κ2) is 11.2. The summed E-state index contributed by atoms with van der Waals surface area (Å²) in [7, 11) is 1.27. The number of nitrogens with one attached hydrogen (secondary N) is 2. The predicted octanol–water partition coefficient (Wildman–Crippen LogP) is 3.80. The molecule has 0 bridgehead atoms. The Bertz CT molecular complexity index is 1350. The highest BCUT2D eigenvalue weighted by atomic mass is 35.5. The van der Waals surface area contributed by atoms with Gasteiger partial charge in [0.25, 0.3) is 11.8 Å². The first-order valence-electron chi connectivity index (χ1n) is 11.1. The van der Waals surface area contributed by atoms with Gasteiger partial charge in [-0.05, 0) is 72.9 Å². The molecule has 188 valence electrons. The molecule has 0 saturated carbocycles. The summed E-state index contributed by atoms with van der Waals surface area (Å²) in [6, 6.07) is 19.9. The topological polar surface area (TPSA) is 108 Å². The molecule has 1 atom stereocenters. The van der Waals surface area contributed by atoms with Gasteiger partial charge in [0.1, 0.15) is 6.04 Å². The minimum atomic E-state index is -1.11. The van der Waals surface area contributed by atoms with Gasteiger partial charge < -0.3 is 10.1 Å². The van der Waals surface area contributed by atoms with E-state index in [0.717, 1.165) is 0 Å². The fraction of sp³-hybridized carbons (Fsp3) is 0.115. The molecule has 1 aliphatic rings. The molecule has 3 aromatic carbocycles. The molecule has 2 N–H and O–H groups in total. The molecule has 1 unspecified atom stereocenters. The molecule has 1 saturated heterocycles. The molecular formula is C26H21ClN4O5S. The third-order valence-electron chi connectivity index (χ3n) is 5.53. The van der Waals surface area contributed by atoms with Crippen molar-refractivity contribution in [2.75, 3.05) is 17.3 Å². The zero-order chi connectivity index (χ0) is 26.5. The minimum Gasteiger partial charge on any atom is -0.465 e. The number of carbonyl (C=O) groups is 4. The third-order valence-corrected chi connectivity index (χ3v) is 6.16. The summed E-state index contributed by atoms with van der Waals surface area (Å²) in [6.45, 7) is 0. The summed E-state index contributed by atoms with van der Waals surface area (Å²) in [5.41, 5.74) is 4.21. The van der Waals surface area contributed by atoms with Crippen LogP contribution in [0.15, 0.2) is 78.9 Å². The van der Waals surface area contributed by atoms with Crippen molar-refractivity contribution >= 4 is 64.0 Å². The van der Waals surface area contributed by atoms with Crippen molar-refractivity contribution in [3.63, 3.8) is 0 Å². The quantitative estimate of drug-likeness (QED) is 0.349. The smallest absolute Gasteiger partial charge is 0.337 e. The van der Waals surface area contributed by atoms with Gasteiger partial charge in [-0.15, -0.1) is 0 Å². The van der Waals surface area contributed by atoms with Crippen molar-refractivity contribution in [1.82, 2.24) is 10.4 Å². The van der Waals surface area contributed by atoms with E-state index in [1.807, 2.05) is 0 Å². The number of carbonyl (C=O) groups excluding carboxylic acids is 4. The standard InChI is InChI=1S/C26H21ClN4O5S/c1-36-25(35)17-7-11-19(12-8-17)28-22(32)15-21-24(34)30(20-13-9-18(27)10-14-20)26(37)31(21)29-23(33)16-5-3-2-4-6-16/h2-14,21H,15H2,1H3,(H,28,32)(H,29,33). The molecule has 1 fully saturated rings. The zero-order valence-electron chi connectivity index (χ0n) is 19.5. The van der Waals surface area contributed by atoms with Crippen LogP contribution in [0.1, 0.15) is 27.1 Å². The highest BCUT2D eigenvalue weighted by molar-refractivity contribution is 7.80. The number of halogens is 1. The van der Waals surface area contributed by atoms with Crippen LogP contribution >= 0.6 is 23.8 Å². The SMILES string of the molecule is COC(=O)c1ccc(NC(=O)CC2C(=O)N(c3ccc(Cl)cc3)C(=S)N2NC(=O)c2ccccc2)cc1. The second-order valence-electron chi connectivity index (χ2n) is 7.95. The van der Waals surface area contributed by atoms with E-state index in [0.29, 0.717) is 27.5 Å². The van der Waals surface area contributed by atoms with E-state index in [9.17, 15) is 19.2 Å². The van der Waals surface area contributed by atoms with E-state index < -0.39 is 29.7 Å². The van der Waals surface area contributed by atoms with Crippen molar-refractivity contribution in [3.8, 4) is 0 Å². The molecule has 0 radical (unpaired) electrons. The summed E-state index contributed by atoms with van der Waals surface area (Å²) in [4.78, 5) is 52.1. The molecule has 1 heterocycles. The largest absolute Gasteiger partial charge is 0.465 e. The van der Waals surface area contributed by atoms with Gasteiger partial charge in [-0.1, -0.05) is 29.8 Å². The van der Waals surface area contributed by atoms with E-state index in [2.05, 4.69) is 15.5 Å². The van der Waals surface area contributed by atoms with Gasteiger partial charge in [0.2, 0.25) is 11.0 Å². The number of ether oxygens (including phenoxy) is 1. The molecule has 0 spiro atoms. The maximum absolute atomic E-state index is 13.5. The molecule has 1 aliphatic heterocycles. The Hall–Kier alpha value is -4.28. The summed E-state index contributed by atoms with van der Waals surface area (Å²) in [6.07, 6.45) is -0.309. The summed E-state index contributed by atoms with van der Waals surface area (Å²) in [5.74, 6) is -1.98.